The van der Waals surface area contributed by atoms with E-state index in [1.54, 1.807) is 0 Å². The van der Waals surface area contributed by atoms with Crippen LogP contribution in [0, 0.1) is 5.92 Å². The molecule has 116 valence electrons. The summed E-state index contributed by atoms with van der Waals surface area (Å²) in [4.78, 5) is 17.1. The SMILES string of the molecule is CCn1c(NC(=O)[C@H]2C[C@@H]2c2ccccc2)nc2ccccc21. The van der Waals surface area contributed by atoms with Gasteiger partial charge in [-0.05, 0) is 37.0 Å². The highest BCUT2D eigenvalue weighted by atomic mass is 16.2. The van der Waals surface area contributed by atoms with Crippen LogP contribution in [0.1, 0.15) is 24.8 Å². The summed E-state index contributed by atoms with van der Waals surface area (Å²) in [6, 6.07) is 18.2. The molecular formula is C19H19N3O. The summed E-state index contributed by atoms with van der Waals surface area (Å²) < 4.78 is 2.05. The minimum atomic E-state index is 0.0579. The van der Waals surface area contributed by atoms with Crippen molar-refractivity contribution in [1.29, 1.82) is 0 Å². The number of nitrogens with zero attached hydrogens (tertiary/aromatic N) is 2. The third-order valence-corrected chi connectivity index (χ3v) is 4.56. The molecule has 3 aromatic rings. The first-order valence-electron chi connectivity index (χ1n) is 8.09. The molecule has 1 fully saturated rings. The van der Waals surface area contributed by atoms with Crippen LogP contribution < -0.4 is 5.32 Å². The molecule has 0 aliphatic heterocycles. The molecule has 2 aromatic carbocycles. The van der Waals surface area contributed by atoms with Crippen LogP contribution in [0.25, 0.3) is 11.0 Å². The van der Waals surface area contributed by atoms with E-state index < -0.39 is 0 Å². The highest BCUT2D eigenvalue weighted by Crippen LogP contribution is 2.47. The molecule has 1 aliphatic rings. The standard InChI is InChI=1S/C19H19N3O/c1-2-22-17-11-7-6-10-16(17)20-19(22)21-18(23)15-12-14(15)13-8-4-3-5-9-13/h3-11,14-15H,2,12H2,1H3,(H,20,21,23)/t14-,15+/m1/s1. The lowest BCUT2D eigenvalue weighted by atomic mass is 10.1. The Hall–Kier alpha value is -2.62. The van der Waals surface area contributed by atoms with Crippen LogP contribution in [0.5, 0.6) is 0 Å². The van der Waals surface area contributed by atoms with E-state index in [0.717, 1.165) is 24.0 Å². The molecule has 0 unspecified atom stereocenters. The predicted molar refractivity (Wildman–Crippen MR) is 91.3 cm³/mol. The first-order chi connectivity index (χ1) is 11.3. The molecule has 0 spiro atoms. The number of nitrogens with one attached hydrogen (secondary N) is 1. The number of imidazole rings is 1. The van der Waals surface area contributed by atoms with Gasteiger partial charge in [-0.15, -0.1) is 0 Å². The molecule has 1 saturated carbocycles. The Morgan fingerprint density at radius 2 is 1.91 bits per heavy atom. The van der Waals surface area contributed by atoms with Gasteiger partial charge in [0, 0.05) is 12.5 Å². The lowest BCUT2D eigenvalue weighted by molar-refractivity contribution is -0.117. The number of anilines is 1. The number of carbonyl (C=O) groups is 1. The number of carbonyl (C=O) groups excluding carboxylic acids is 1. The van der Waals surface area contributed by atoms with Crippen LogP contribution in [0.2, 0.25) is 0 Å². The van der Waals surface area contributed by atoms with Gasteiger partial charge in [0.1, 0.15) is 0 Å². The van der Waals surface area contributed by atoms with Crippen molar-refractivity contribution in [2.75, 3.05) is 5.32 Å². The minimum absolute atomic E-state index is 0.0579. The largest absolute Gasteiger partial charge is 0.310 e. The molecule has 0 bridgehead atoms. The summed E-state index contributed by atoms with van der Waals surface area (Å²) in [7, 11) is 0. The van der Waals surface area contributed by atoms with Crippen LogP contribution >= 0.6 is 0 Å². The predicted octanol–water partition coefficient (Wildman–Crippen LogP) is 3.80. The van der Waals surface area contributed by atoms with Crippen LogP contribution in [0.4, 0.5) is 5.95 Å². The summed E-state index contributed by atoms with van der Waals surface area (Å²) in [6.07, 6.45) is 0.919. The number of hydrogen-bond donors (Lipinski definition) is 1. The monoisotopic (exact) mass is 305 g/mol. The number of fused-ring (bicyclic) bond motifs is 1. The molecule has 4 heteroatoms. The number of benzene rings is 2. The lowest BCUT2D eigenvalue weighted by Crippen LogP contribution is -2.18. The van der Waals surface area contributed by atoms with Gasteiger partial charge in [-0.25, -0.2) is 4.98 Å². The molecule has 1 aromatic heterocycles. The van der Waals surface area contributed by atoms with Crippen molar-refractivity contribution in [3.63, 3.8) is 0 Å². The van der Waals surface area contributed by atoms with Crippen molar-refractivity contribution in [3.05, 3.63) is 60.2 Å². The highest BCUT2D eigenvalue weighted by Gasteiger charge is 2.44. The first-order valence-corrected chi connectivity index (χ1v) is 8.09. The zero-order valence-corrected chi connectivity index (χ0v) is 13.1. The first kappa shape index (κ1) is 14.0. The molecule has 0 radical (unpaired) electrons. The van der Waals surface area contributed by atoms with E-state index in [1.807, 2.05) is 47.0 Å². The summed E-state index contributed by atoms with van der Waals surface area (Å²) >= 11 is 0. The van der Waals surface area contributed by atoms with Gasteiger partial charge >= 0.3 is 0 Å². The van der Waals surface area contributed by atoms with E-state index in [1.165, 1.54) is 5.56 Å². The zero-order valence-electron chi connectivity index (χ0n) is 13.1. The van der Waals surface area contributed by atoms with Crippen molar-refractivity contribution in [3.8, 4) is 0 Å². The molecule has 4 nitrogen and oxygen atoms in total. The molecule has 4 rings (SSSR count). The molecule has 23 heavy (non-hydrogen) atoms. The third-order valence-electron chi connectivity index (χ3n) is 4.56. The molecule has 1 heterocycles. The van der Waals surface area contributed by atoms with Crippen molar-refractivity contribution in [2.24, 2.45) is 5.92 Å². The van der Waals surface area contributed by atoms with Gasteiger partial charge in [-0.3, -0.25) is 10.1 Å². The fourth-order valence-electron chi connectivity index (χ4n) is 3.25. The molecule has 0 saturated heterocycles. The van der Waals surface area contributed by atoms with Crippen LogP contribution in [-0.4, -0.2) is 15.5 Å². The van der Waals surface area contributed by atoms with E-state index in [-0.39, 0.29) is 11.8 Å². The Morgan fingerprint density at radius 3 is 2.70 bits per heavy atom. The molecule has 1 N–H and O–H groups in total. The highest BCUT2D eigenvalue weighted by molar-refractivity contribution is 5.95. The minimum Gasteiger partial charge on any atom is -0.310 e. The number of amides is 1. The Balaban J connectivity index is 1.54. The Morgan fingerprint density at radius 1 is 1.17 bits per heavy atom. The van der Waals surface area contributed by atoms with Gasteiger partial charge in [0.25, 0.3) is 0 Å². The smallest absolute Gasteiger partial charge is 0.230 e. The lowest BCUT2D eigenvalue weighted by Gasteiger charge is -2.07. The second kappa shape index (κ2) is 5.54. The Kier molecular flexibility index (Phi) is 3.37. The maximum Gasteiger partial charge on any atom is 0.230 e. The molecule has 1 amide bonds. The topological polar surface area (TPSA) is 46.9 Å². The Bertz CT molecular complexity index is 853. The van der Waals surface area contributed by atoms with Crippen molar-refractivity contribution in [1.82, 2.24) is 9.55 Å². The van der Waals surface area contributed by atoms with Gasteiger partial charge in [0.15, 0.2) is 0 Å². The molecule has 2 atom stereocenters. The van der Waals surface area contributed by atoms with Gasteiger partial charge in [0.05, 0.1) is 11.0 Å². The van der Waals surface area contributed by atoms with Gasteiger partial charge in [-0.2, -0.15) is 0 Å². The van der Waals surface area contributed by atoms with Crippen LogP contribution in [-0.2, 0) is 11.3 Å². The van der Waals surface area contributed by atoms with Crippen molar-refractivity contribution >= 4 is 22.9 Å². The Labute approximate surface area is 135 Å². The second-order valence-electron chi connectivity index (χ2n) is 6.02. The average Bonchev–Trinajstić information content (AvgIpc) is 3.31. The zero-order chi connectivity index (χ0) is 15.8. The number of para-hydroxylation sites is 2. The van der Waals surface area contributed by atoms with E-state index in [2.05, 4.69) is 29.4 Å². The van der Waals surface area contributed by atoms with Crippen molar-refractivity contribution < 1.29 is 4.79 Å². The summed E-state index contributed by atoms with van der Waals surface area (Å²) in [6.45, 7) is 2.84. The van der Waals surface area contributed by atoms with Crippen LogP contribution in [0.3, 0.4) is 0 Å². The van der Waals surface area contributed by atoms with Gasteiger partial charge in [0.2, 0.25) is 11.9 Å². The normalized spacial score (nSPS) is 19.7. The summed E-state index contributed by atoms with van der Waals surface area (Å²) in [5.74, 6) is 1.12. The van der Waals surface area contributed by atoms with E-state index in [0.29, 0.717) is 11.9 Å². The maximum atomic E-state index is 12.5. The quantitative estimate of drug-likeness (QED) is 0.797. The van der Waals surface area contributed by atoms with E-state index in [9.17, 15) is 4.79 Å². The van der Waals surface area contributed by atoms with E-state index in [4.69, 9.17) is 0 Å². The number of aromatic nitrogens is 2. The van der Waals surface area contributed by atoms with Gasteiger partial charge in [-0.1, -0.05) is 42.5 Å². The fourth-order valence-corrected chi connectivity index (χ4v) is 3.25. The maximum absolute atomic E-state index is 12.5. The average molecular weight is 305 g/mol. The summed E-state index contributed by atoms with van der Waals surface area (Å²) in [5.41, 5.74) is 3.22. The van der Waals surface area contributed by atoms with E-state index >= 15 is 0 Å². The van der Waals surface area contributed by atoms with Gasteiger partial charge < -0.3 is 4.57 Å². The van der Waals surface area contributed by atoms with Crippen LogP contribution in [0.15, 0.2) is 54.6 Å². The molecule has 1 aliphatic carbocycles. The number of aryl methyl sites for hydroxylation is 1. The van der Waals surface area contributed by atoms with Crippen molar-refractivity contribution in [2.45, 2.75) is 25.8 Å². The number of rotatable bonds is 4. The summed E-state index contributed by atoms with van der Waals surface area (Å²) in [5, 5.41) is 3.03. The fraction of sp³-hybridized carbons (Fsp3) is 0.263. The third kappa shape index (κ3) is 2.50. The molecular weight excluding hydrogens is 286 g/mol. The second-order valence-corrected chi connectivity index (χ2v) is 6.02. The number of hydrogen-bond acceptors (Lipinski definition) is 2.